The van der Waals surface area contributed by atoms with Crippen molar-refractivity contribution in [3.05, 3.63) is 24.3 Å². The zero-order valence-corrected chi connectivity index (χ0v) is 12.6. The lowest BCUT2D eigenvalue weighted by Gasteiger charge is -2.40. The molecule has 0 atom stereocenters. The van der Waals surface area contributed by atoms with Crippen LogP contribution in [0.5, 0.6) is 0 Å². The Bertz CT molecular complexity index is 459. The minimum absolute atomic E-state index is 0.186. The third kappa shape index (κ3) is 3.87. The van der Waals surface area contributed by atoms with Crippen molar-refractivity contribution in [3.8, 4) is 0 Å². The van der Waals surface area contributed by atoms with Crippen molar-refractivity contribution >= 4 is 17.4 Å². The molecule has 1 aliphatic heterocycles. The summed E-state index contributed by atoms with van der Waals surface area (Å²) in [5.41, 5.74) is 1.70. The standard InChI is InChI=1S/C15H23N3O2/c1-15(2,3)17-14(19)16-11-5-7-12(8-6-11)18-9-13(10-18)20-4/h5-8,13H,9-10H2,1-4H3,(H2,16,17,19). The zero-order chi connectivity index (χ0) is 14.8. The first-order valence-corrected chi connectivity index (χ1v) is 6.84. The van der Waals surface area contributed by atoms with E-state index in [0.717, 1.165) is 24.5 Å². The van der Waals surface area contributed by atoms with Crippen molar-refractivity contribution in [1.29, 1.82) is 0 Å². The van der Waals surface area contributed by atoms with Crippen LogP contribution in [0.1, 0.15) is 20.8 Å². The summed E-state index contributed by atoms with van der Waals surface area (Å²) in [5.74, 6) is 0. The van der Waals surface area contributed by atoms with Crippen LogP contribution in [0.25, 0.3) is 0 Å². The summed E-state index contributed by atoms with van der Waals surface area (Å²) in [6.45, 7) is 7.70. The molecule has 0 bridgehead atoms. The number of hydrogen-bond donors (Lipinski definition) is 2. The lowest BCUT2D eigenvalue weighted by Crippen LogP contribution is -2.51. The number of nitrogens with one attached hydrogen (secondary N) is 2. The second-order valence-corrected chi connectivity index (χ2v) is 6.14. The normalized spacial score (nSPS) is 15.7. The number of hydrogen-bond acceptors (Lipinski definition) is 3. The molecule has 2 amide bonds. The summed E-state index contributed by atoms with van der Waals surface area (Å²) in [6, 6.07) is 7.67. The SMILES string of the molecule is COC1CN(c2ccc(NC(=O)NC(C)(C)C)cc2)C1. The van der Waals surface area contributed by atoms with E-state index in [2.05, 4.69) is 15.5 Å². The van der Waals surface area contributed by atoms with Gasteiger partial charge in [0.25, 0.3) is 0 Å². The average Bonchev–Trinajstić information content (AvgIpc) is 2.27. The van der Waals surface area contributed by atoms with Crippen molar-refractivity contribution in [3.63, 3.8) is 0 Å². The highest BCUT2D eigenvalue weighted by Gasteiger charge is 2.26. The van der Waals surface area contributed by atoms with Crippen molar-refractivity contribution in [1.82, 2.24) is 5.32 Å². The molecular formula is C15H23N3O2. The van der Waals surface area contributed by atoms with Crippen LogP contribution in [-0.4, -0.2) is 37.9 Å². The van der Waals surface area contributed by atoms with Gasteiger partial charge in [-0.1, -0.05) is 0 Å². The van der Waals surface area contributed by atoms with E-state index in [1.807, 2.05) is 45.0 Å². The van der Waals surface area contributed by atoms with Gasteiger partial charge >= 0.3 is 6.03 Å². The molecule has 2 N–H and O–H groups in total. The van der Waals surface area contributed by atoms with Gasteiger partial charge in [0.2, 0.25) is 0 Å². The number of anilines is 2. The Morgan fingerprint density at radius 3 is 2.35 bits per heavy atom. The maximum atomic E-state index is 11.7. The molecule has 0 saturated carbocycles. The van der Waals surface area contributed by atoms with Crippen LogP contribution < -0.4 is 15.5 Å². The number of benzene rings is 1. The number of carbonyl (C=O) groups is 1. The number of carbonyl (C=O) groups excluding carboxylic acids is 1. The number of methoxy groups -OCH3 is 1. The molecular weight excluding hydrogens is 254 g/mol. The Morgan fingerprint density at radius 1 is 1.25 bits per heavy atom. The second kappa shape index (κ2) is 5.71. The van der Waals surface area contributed by atoms with Gasteiger partial charge in [-0.3, -0.25) is 0 Å². The molecule has 5 heteroatoms. The Hall–Kier alpha value is -1.75. The molecule has 0 aromatic heterocycles. The Kier molecular flexibility index (Phi) is 4.18. The van der Waals surface area contributed by atoms with Crippen molar-refractivity contribution < 1.29 is 9.53 Å². The van der Waals surface area contributed by atoms with Crippen LogP contribution in [0.2, 0.25) is 0 Å². The summed E-state index contributed by atoms with van der Waals surface area (Å²) in [7, 11) is 1.74. The highest BCUT2D eigenvalue weighted by Crippen LogP contribution is 2.23. The average molecular weight is 277 g/mol. The van der Waals surface area contributed by atoms with Gasteiger partial charge in [0.15, 0.2) is 0 Å². The molecule has 2 rings (SSSR count). The van der Waals surface area contributed by atoms with E-state index in [4.69, 9.17) is 4.74 Å². The van der Waals surface area contributed by atoms with Gasteiger partial charge < -0.3 is 20.3 Å². The number of rotatable bonds is 3. The fraction of sp³-hybridized carbons (Fsp3) is 0.533. The van der Waals surface area contributed by atoms with Gasteiger partial charge in [0.05, 0.1) is 6.10 Å². The lowest BCUT2D eigenvalue weighted by atomic mass is 10.1. The van der Waals surface area contributed by atoms with Gasteiger partial charge in [0, 0.05) is 37.1 Å². The van der Waals surface area contributed by atoms with Gasteiger partial charge in [-0.2, -0.15) is 0 Å². The monoisotopic (exact) mass is 277 g/mol. The summed E-state index contributed by atoms with van der Waals surface area (Å²) >= 11 is 0. The molecule has 1 aliphatic rings. The van der Waals surface area contributed by atoms with E-state index in [1.165, 1.54) is 0 Å². The predicted octanol–water partition coefficient (Wildman–Crippen LogP) is 2.44. The molecule has 0 aliphatic carbocycles. The number of urea groups is 1. The molecule has 0 spiro atoms. The first-order valence-electron chi connectivity index (χ1n) is 6.84. The smallest absolute Gasteiger partial charge is 0.319 e. The third-order valence-corrected chi connectivity index (χ3v) is 3.16. The minimum Gasteiger partial charge on any atom is -0.378 e. The van der Waals surface area contributed by atoms with Crippen LogP contribution in [0.3, 0.4) is 0 Å². The van der Waals surface area contributed by atoms with E-state index in [-0.39, 0.29) is 11.6 Å². The van der Waals surface area contributed by atoms with Crippen molar-refractivity contribution in [2.24, 2.45) is 0 Å². The van der Waals surface area contributed by atoms with Crippen LogP contribution >= 0.6 is 0 Å². The summed E-state index contributed by atoms with van der Waals surface area (Å²) in [4.78, 5) is 14.0. The van der Waals surface area contributed by atoms with Crippen LogP contribution in [0, 0.1) is 0 Å². The Balaban J connectivity index is 1.87. The van der Waals surface area contributed by atoms with Crippen LogP contribution in [-0.2, 0) is 4.74 Å². The Labute approximate surface area is 120 Å². The molecule has 1 aromatic carbocycles. The van der Waals surface area contributed by atoms with E-state index < -0.39 is 0 Å². The number of ether oxygens (including phenoxy) is 1. The molecule has 1 aromatic rings. The second-order valence-electron chi connectivity index (χ2n) is 6.14. The summed E-state index contributed by atoms with van der Waals surface area (Å²) < 4.78 is 5.25. The Morgan fingerprint density at radius 2 is 1.85 bits per heavy atom. The predicted molar refractivity (Wildman–Crippen MR) is 81.4 cm³/mol. The molecule has 0 unspecified atom stereocenters. The quantitative estimate of drug-likeness (QED) is 0.892. The number of amides is 2. The van der Waals surface area contributed by atoms with Gasteiger partial charge in [0.1, 0.15) is 0 Å². The van der Waals surface area contributed by atoms with E-state index in [1.54, 1.807) is 7.11 Å². The molecule has 20 heavy (non-hydrogen) atoms. The van der Waals surface area contributed by atoms with E-state index in [9.17, 15) is 4.79 Å². The summed E-state index contributed by atoms with van der Waals surface area (Å²) in [5, 5.41) is 5.69. The van der Waals surface area contributed by atoms with E-state index in [0.29, 0.717) is 6.10 Å². The maximum absolute atomic E-state index is 11.7. The van der Waals surface area contributed by atoms with Gasteiger partial charge in [-0.05, 0) is 45.0 Å². The van der Waals surface area contributed by atoms with Crippen molar-refractivity contribution in [2.75, 3.05) is 30.4 Å². The minimum atomic E-state index is -0.239. The van der Waals surface area contributed by atoms with Crippen LogP contribution in [0.15, 0.2) is 24.3 Å². The molecule has 1 fully saturated rings. The van der Waals surface area contributed by atoms with Gasteiger partial charge in [-0.15, -0.1) is 0 Å². The van der Waals surface area contributed by atoms with Crippen LogP contribution in [0.4, 0.5) is 16.2 Å². The van der Waals surface area contributed by atoms with E-state index >= 15 is 0 Å². The van der Waals surface area contributed by atoms with Crippen molar-refractivity contribution in [2.45, 2.75) is 32.4 Å². The molecule has 1 heterocycles. The molecule has 0 radical (unpaired) electrons. The zero-order valence-electron chi connectivity index (χ0n) is 12.6. The topological polar surface area (TPSA) is 53.6 Å². The molecule has 1 saturated heterocycles. The fourth-order valence-corrected chi connectivity index (χ4v) is 2.06. The first kappa shape index (κ1) is 14.7. The lowest BCUT2D eigenvalue weighted by molar-refractivity contribution is 0.0788. The van der Waals surface area contributed by atoms with Gasteiger partial charge in [-0.25, -0.2) is 4.79 Å². The molecule has 5 nitrogen and oxygen atoms in total. The molecule has 110 valence electrons. The largest absolute Gasteiger partial charge is 0.378 e. The number of nitrogens with zero attached hydrogens (tertiary/aromatic N) is 1. The fourth-order valence-electron chi connectivity index (χ4n) is 2.06. The highest BCUT2D eigenvalue weighted by molar-refractivity contribution is 5.89. The summed E-state index contributed by atoms with van der Waals surface area (Å²) in [6.07, 6.45) is 0.338. The maximum Gasteiger partial charge on any atom is 0.319 e. The highest BCUT2D eigenvalue weighted by atomic mass is 16.5. The third-order valence-electron chi connectivity index (χ3n) is 3.16. The first-order chi connectivity index (χ1) is 9.37.